The van der Waals surface area contributed by atoms with Crippen molar-refractivity contribution >= 4 is 53.2 Å². The first-order chi connectivity index (χ1) is 14.4. The van der Waals surface area contributed by atoms with Crippen LogP contribution < -0.4 is 5.32 Å². The molecule has 9 nitrogen and oxygen atoms in total. The quantitative estimate of drug-likeness (QED) is 0.286. The predicted molar refractivity (Wildman–Crippen MR) is 114 cm³/mol. The number of benzene rings is 4. The number of rotatable bonds is 4. The number of fused-ring (bicyclic) bond motifs is 2. The van der Waals surface area contributed by atoms with E-state index in [4.69, 9.17) is 0 Å². The Bertz CT molecular complexity index is 1460. The Morgan fingerprint density at radius 3 is 1.35 bits per heavy atom. The van der Waals surface area contributed by atoms with Crippen LogP contribution in [-0.2, 0) is 20.2 Å². The van der Waals surface area contributed by atoms with Crippen molar-refractivity contribution in [3.63, 3.8) is 0 Å². The molecule has 0 aromatic heterocycles. The fourth-order valence-electron chi connectivity index (χ4n) is 3.35. The summed E-state index contributed by atoms with van der Waals surface area (Å²) in [6.45, 7) is 0. The van der Waals surface area contributed by atoms with E-state index in [1.54, 1.807) is 12.1 Å². The monoisotopic (exact) mass is 461 g/mol. The third kappa shape index (κ3) is 3.86. The summed E-state index contributed by atoms with van der Waals surface area (Å²) >= 11 is 0. The summed E-state index contributed by atoms with van der Waals surface area (Å²) in [6, 6.07) is 13.6. The molecule has 5 N–H and O–H groups in total. The number of hydrogen-bond acceptors (Lipinski definition) is 7. The van der Waals surface area contributed by atoms with Crippen molar-refractivity contribution < 1.29 is 36.2 Å². The number of phenols is 2. The van der Waals surface area contributed by atoms with Gasteiger partial charge in [0.05, 0.1) is 11.4 Å². The molecule has 0 atom stereocenters. The van der Waals surface area contributed by atoms with Crippen LogP contribution in [0.1, 0.15) is 0 Å². The number of anilines is 2. The number of nitrogens with one attached hydrogen (secondary N) is 1. The van der Waals surface area contributed by atoms with Gasteiger partial charge >= 0.3 is 0 Å². The van der Waals surface area contributed by atoms with Crippen LogP contribution in [0.25, 0.3) is 21.5 Å². The lowest BCUT2D eigenvalue weighted by molar-refractivity contribution is 0.479. The van der Waals surface area contributed by atoms with Gasteiger partial charge in [0.15, 0.2) is 0 Å². The molecule has 0 fully saturated rings. The van der Waals surface area contributed by atoms with Crippen LogP contribution in [-0.4, -0.2) is 36.2 Å². The first kappa shape index (κ1) is 20.9. The Kier molecular flexibility index (Phi) is 4.78. The van der Waals surface area contributed by atoms with Crippen molar-refractivity contribution in [1.29, 1.82) is 0 Å². The Balaban J connectivity index is 2.01. The van der Waals surface area contributed by atoms with Crippen molar-refractivity contribution in [3.8, 4) is 11.5 Å². The second-order valence-corrected chi connectivity index (χ2v) is 9.55. The molecule has 0 unspecified atom stereocenters. The van der Waals surface area contributed by atoms with Crippen molar-refractivity contribution in [2.75, 3.05) is 5.32 Å². The van der Waals surface area contributed by atoms with Gasteiger partial charge in [0.1, 0.15) is 21.3 Å². The second-order valence-electron chi connectivity index (χ2n) is 6.77. The molecule has 31 heavy (non-hydrogen) atoms. The third-order valence-electron chi connectivity index (χ3n) is 4.74. The van der Waals surface area contributed by atoms with Crippen LogP contribution in [0.15, 0.2) is 70.5 Å². The number of phenolic OH excluding ortho intramolecular Hbond substituents is 2. The smallest absolute Gasteiger partial charge is 0.296 e. The molecule has 0 heterocycles. The van der Waals surface area contributed by atoms with Gasteiger partial charge in [0.2, 0.25) is 0 Å². The van der Waals surface area contributed by atoms with Gasteiger partial charge in [-0.25, -0.2) is 0 Å². The molecule has 0 radical (unpaired) electrons. The van der Waals surface area contributed by atoms with E-state index in [0.717, 1.165) is 12.1 Å². The average Bonchev–Trinajstić information content (AvgIpc) is 2.66. The highest BCUT2D eigenvalue weighted by molar-refractivity contribution is 7.86. The van der Waals surface area contributed by atoms with Crippen molar-refractivity contribution in [2.45, 2.75) is 9.79 Å². The van der Waals surface area contributed by atoms with Gasteiger partial charge in [-0.05, 0) is 47.2 Å². The summed E-state index contributed by atoms with van der Waals surface area (Å²) in [5, 5.41) is 23.8. The molecule has 160 valence electrons. The molecule has 4 rings (SSSR count). The predicted octanol–water partition coefficient (Wildman–Crippen LogP) is 3.64. The maximum atomic E-state index is 12.0. The first-order valence-corrected chi connectivity index (χ1v) is 11.6. The van der Waals surface area contributed by atoms with Gasteiger partial charge in [0, 0.05) is 10.8 Å². The fourth-order valence-corrected chi connectivity index (χ4v) is 4.65. The Labute approximate surface area is 176 Å². The molecule has 0 aliphatic heterocycles. The van der Waals surface area contributed by atoms with Gasteiger partial charge in [0.25, 0.3) is 20.2 Å². The lowest BCUT2D eigenvalue weighted by atomic mass is 10.1. The molecule has 0 amide bonds. The van der Waals surface area contributed by atoms with E-state index >= 15 is 0 Å². The van der Waals surface area contributed by atoms with E-state index in [1.165, 1.54) is 36.4 Å². The molecule has 0 aliphatic carbocycles. The van der Waals surface area contributed by atoms with E-state index < -0.39 is 30.0 Å². The standard InChI is InChI=1S/C20H15NO8S2/c22-17-5-1-3-11-7-15(19(9-13(11)17)30(24,25)26)21-16-8-12-4-2-6-18(23)14(12)10-20(16)31(27,28)29/h1-10,21-23H,(H,24,25,26)(H,27,28,29). The molecule has 0 saturated heterocycles. The molecule has 0 bridgehead atoms. The van der Waals surface area contributed by atoms with E-state index in [9.17, 15) is 36.2 Å². The van der Waals surface area contributed by atoms with Gasteiger partial charge in [-0.2, -0.15) is 16.8 Å². The van der Waals surface area contributed by atoms with Crippen molar-refractivity contribution in [1.82, 2.24) is 0 Å². The first-order valence-electron chi connectivity index (χ1n) is 8.68. The zero-order chi connectivity index (χ0) is 22.6. The second kappa shape index (κ2) is 7.10. The number of aromatic hydroxyl groups is 2. The molecular weight excluding hydrogens is 446 g/mol. The van der Waals surface area contributed by atoms with Gasteiger partial charge in [-0.1, -0.05) is 24.3 Å². The van der Waals surface area contributed by atoms with E-state index in [0.29, 0.717) is 10.8 Å². The summed E-state index contributed by atoms with van der Waals surface area (Å²) in [5.41, 5.74) is -0.380. The van der Waals surface area contributed by atoms with Crippen molar-refractivity contribution in [3.05, 3.63) is 60.7 Å². The van der Waals surface area contributed by atoms with Crippen LogP contribution in [0.4, 0.5) is 11.4 Å². The molecule has 0 spiro atoms. The average molecular weight is 461 g/mol. The molecule has 4 aromatic rings. The van der Waals surface area contributed by atoms with Crippen LogP contribution >= 0.6 is 0 Å². The minimum absolute atomic E-state index is 0.152. The third-order valence-corrected chi connectivity index (χ3v) is 6.53. The largest absolute Gasteiger partial charge is 0.507 e. The lowest BCUT2D eigenvalue weighted by Crippen LogP contribution is -2.07. The van der Waals surface area contributed by atoms with Crippen LogP contribution in [0.2, 0.25) is 0 Å². The lowest BCUT2D eigenvalue weighted by Gasteiger charge is -2.16. The Morgan fingerprint density at radius 1 is 0.613 bits per heavy atom. The summed E-state index contributed by atoms with van der Waals surface area (Å²) in [6.07, 6.45) is 0. The van der Waals surface area contributed by atoms with E-state index in [1.807, 2.05) is 0 Å². The van der Waals surface area contributed by atoms with Crippen LogP contribution in [0.5, 0.6) is 11.5 Å². The fraction of sp³-hybridized carbons (Fsp3) is 0. The zero-order valence-corrected chi connectivity index (χ0v) is 17.1. The molecule has 0 aliphatic rings. The highest BCUT2D eigenvalue weighted by atomic mass is 32.2. The van der Waals surface area contributed by atoms with Gasteiger partial charge < -0.3 is 15.5 Å². The summed E-state index contributed by atoms with van der Waals surface area (Å²) in [5.74, 6) is -0.428. The Morgan fingerprint density at radius 2 is 1.00 bits per heavy atom. The highest BCUT2D eigenvalue weighted by Crippen LogP contribution is 2.37. The highest BCUT2D eigenvalue weighted by Gasteiger charge is 2.22. The van der Waals surface area contributed by atoms with Crippen molar-refractivity contribution in [2.24, 2.45) is 0 Å². The minimum atomic E-state index is -4.78. The molecule has 4 aromatic carbocycles. The molecule has 11 heteroatoms. The van der Waals surface area contributed by atoms with E-state index in [-0.39, 0.29) is 33.6 Å². The minimum Gasteiger partial charge on any atom is -0.507 e. The summed E-state index contributed by atoms with van der Waals surface area (Å²) < 4.78 is 67.3. The maximum Gasteiger partial charge on any atom is 0.296 e. The van der Waals surface area contributed by atoms with Crippen LogP contribution in [0.3, 0.4) is 0 Å². The maximum absolute atomic E-state index is 12.0. The molecular formula is C20H15NO8S2. The zero-order valence-electron chi connectivity index (χ0n) is 15.5. The number of hydrogen-bond donors (Lipinski definition) is 5. The SMILES string of the molecule is O=S(=O)(O)c1cc2c(O)cccc2cc1Nc1cc2cccc(O)c2cc1S(=O)(=O)O. The van der Waals surface area contributed by atoms with Gasteiger partial charge in [-0.3, -0.25) is 9.11 Å². The van der Waals surface area contributed by atoms with Crippen LogP contribution in [0, 0.1) is 0 Å². The molecule has 0 saturated carbocycles. The topological polar surface area (TPSA) is 161 Å². The summed E-state index contributed by atoms with van der Waals surface area (Å²) in [7, 11) is -9.57. The normalized spacial score (nSPS) is 12.3. The van der Waals surface area contributed by atoms with E-state index in [2.05, 4.69) is 5.32 Å². The van der Waals surface area contributed by atoms with Gasteiger partial charge in [-0.15, -0.1) is 0 Å². The Hall–Kier alpha value is -3.38. The summed E-state index contributed by atoms with van der Waals surface area (Å²) in [4.78, 5) is -1.22.